The molecule has 3 atom stereocenters. The molecule has 7 nitrogen and oxygen atoms in total. The van der Waals surface area contributed by atoms with Crippen molar-refractivity contribution in [3.8, 4) is 0 Å². The molecule has 4 rings (SSSR count). The predicted octanol–water partition coefficient (Wildman–Crippen LogP) is 1.75. The van der Waals surface area contributed by atoms with Gasteiger partial charge in [0.15, 0.2) is 5.79 Å². The van der Waals surface area contributed by atoms with Gasteiger partial charge in [-0.1, -0.05) is 36.4 Å². The zero-order chi connectivity index (χ0) is 19.0. The Morgan fingerprint density at radius 3 is 2.63 bits per heavy atom. The quantitative estimate of drug-likeness (QED) is 0.811. The van der Waals surface area contributed by atoms with E-state index in [1.165, 1.54) is 16.8 Å². The molecule has 1 aromatic carbocycles. The third-order valence-electron chi connectivity index (χ3n) is 4.77. The third-order valence-corrected chi connectivity index (χ3v) is 4.77. The first-order valence-corrected chi connectivity index (χ1v) is 8.92. The number of H-pyrrole nitrogens is 1. The van der Waals surface area contributed by atoms with Gasteiger partial charge in [0.2, 0.25) is 0 Å². The molecule has 0 bridgehead atoms. The van der Waals surface area contributed by atoms with Crippen LogP contribution in [0.5, 0.6) is 0 Å². The number of nitrogens with zero attached hydrogens (tertiary/aromatic N) is 1. The van der Waals surface area contributed by atoms with Gasteiger partial charge >= 0.3 is 5.69 Å². The van der Waals surface area contributed by atoms with Gasteiger partial charge in [0.1, 0.15) is 12.2 Å². The second-order valence-corrected chi connectivity index (χ2v) is 7.25. The highest BCUT2D eigenvalue weighted by Gasteiger charge is 2.50. The molecule has 0 amide bonds. The fraction of sp³-hybridized carbons (Fsp3) is 0.400. The molecule has 1 aliphatic carbocycles. The molecule has 2 aliphatic rings. The first kappa shape index (κ1) is 17.9. The van der Waals surface area contributed by atoms with Crippen LogP contribution in [-0.4, -0.2) is 34.2 Å². The number of fused-ring (bicyclic) bond motifs is 1. The molecule has 0 saturated carbocycles. The van der Waals surface area contributed by atoms with Gasteiger partial charge in [-0.2, -0.15) is 0 Å². The molecule has 0 radical (unpaired) electrons. The summed E-state index contributed by atoms with van der Waals surface area (Å²) in [6.45, 7) is 4.56. The maximum Gasteiger partial charge on any atom is 0.328 e. The van der Waals surface area contributed by atoms with Gasteiger partial charge in [-0.3, -0.25) is 14.3 Å². The highest BCUT2D eigenvalue weighted by Crippen LogP contribution is 2.42. The minimum atomic E-state index is -0.752. The number of hydrogen-bond acceptors (Lipinski definition) is 5. The first-order valence-electron chi connectivity index (χ1n) is 8.92. The summed E-state index contributed by atoms with van der Waals surface area (Å²) < 4.78 is 19.4. The normalized spacial score (nSPS) is 26.0. The van der Waals surface area contributed by atoms with Crippen molar-refractivity contribution >= 4 is 0 Å². The number of nitrogens with one attached hydrogen (secondary N) is 1. The van der Waals surface area contributed by atoms with Gasteiger partial charge in [-0.25, -0.2) is 4.79 Å². The maximum absolute atomic E-state index is 12.2. The Balaban J connectivity index is 1.56. The third kappa shape index (κ3) is 3.66. The Labute approximate surface area is 156 Å². The Morgan fingerprint density at radius 1 is 1.11 bits per heavy atom. The van der Waals surface area contributed by atoms with Crippen LogP contribution in [0.25, 0.3) is 0 Å². The van der Waals surface area contributed by atoms with E-state index in [1.807, 2.05) is 50.3 Å². The van der Waals surface area contributed by atoms with E-state index in [4.69, 9.17) is 14.2 Å². The Hall–Kier alpha value is -2.48. The lowest BCUT2D eigenvalue weighted by molar-refractivity contribution is -0.148. The summed E-state index contributed by atoms with van der Waals surface area (Å²) in [6.07, 6.45) is 2.79. The Morgan fingerprint density at radius 2 is 1.89 bits per heavy atom. The highest BCUT2D eigenvalue weighted by molar-refractivity contribution is 5.26. The van der Waals surface area contributed by atoms with Crippen LogP contribution >= 0.6 is 0 Å². The summed E-state index contributed by atoms with van der Waals surface area (Å²) in [5.74, 6) is -0.752. The molecule has 142 valence electrons. The zero-order valence-electron chi connectivity index (χ0n) is 15.3. The monoisotopic (exact) mass is 370 g/mol. The molecule has 1 fully saturated rings. The van der Waals surface area contributed by atoms with Crippen molar-refractivity contribution in [3.05, 3.63) is 80.6 Å². The highest BCUT2D eigenvalue weighted by atomic mass is 16.8. The van der Waals surface area contributed by atoms with Crippen LogP contribution in [0.1, 0.15) is 25.5 Å². The first-order chi connectivity index (χ1) is 12.9. The number of aromatic amines is 1. The fourth-order valence-corrected chi connectivity index (χ4v) is 3.63. The lowest BCUT2D eigenvalue weighted by Crippen LogP contribution is -2.37. The maximum atomic E-state index is 12.2. The number of ether oxygens (including phenoxy) is 3. The van der Waals surface area contributed by atoms with Crippen molar-refractivity contribution in [2.24, 2.45) is 0 Å². The van der Waals surface area contributed by atoms with Crippen LogP contribution in [-0.2, 0) is 20.8 Å². The number of benzene rings is 1. The molecule has 1 aliphatic heterocycles. The van der Waals surface area contributed by atoms with Crippen LogP contribution in [0.2, 0.25) is 0 Å². The summed E-state index contributed by atoms with van der Waals surface area (Å²) in [5, 5.41) is 0. The van der Waals surface area contributed by atoms with Crippen molar-refractivity contribution in [2.75, 3.05) is 6.61 Å². The van der Waals surface area contributed by atoms with Gasteiger partial charge < -0.3 is 14.2 Å². The summed E-state index contributed by atoms with van der Waals surface area (Å²) in [5.41, 5.74) is 1.13. The van der Waals surface area contributed by atoms with E-state index in [0.717, 1.165) is 11.1 Å². The fourth-order valence-electron chi connectivity index (χ4n) is 3.63. The van der Waals surface area contributed by atoms with E-state index < -0.39 is 17.0 Å². The largest absolute Gasteiger partial charge is 0.372 e. The minimum absolute atomic E-state index is 0.292. The van der Waals surface area contributed by atoms with Crippen molar-refractivity contribution < 1.29 is 14.2 Å². The predicted molar refractivity (Wildman–Crippen MR) is 98.4 cm³/mol. The molecular weight excluding hydrogens is 348 g/mol. The van der Waals surface area contributed by atoms with Gasteiger partial charge in [-0.05, 0) is 25.0 Å². The second kappa shape index (κ2) is 6.92. The molecular formula is C20H22N2O5. The average molecular weight is 370 g/mol. The van der Waals surface area contributed by atoms with Crippen LogP contribution in [0, 0.1) is 0 Å². The molecule has 27 heavy (non-hydrogen) atoms. The molecule has 7 heteroatoms. The van der Waals surface area contributed by atoms with Crippen LogP contribution in [0.15, 0.2) is 63.8 Å². The van der Waals surface area contributed by atoms with Crippen molar-refractivity contribution in [3.63, 3.8) is 0 Å². The van der Waals surface area contributed by atoms with Gasteiger partial charge in [0, 0.05) is 12.3 Å². The summed E-state index contributed by atoms with van der Waals surface area (Å²) in [7, 11) is 0. The molecule has 1 N–H and O–H groups in total. The SMILES string of the molecule is CC1(C)O[C@H]2[C@H](n3ccc(=O)[nH]c3=O)C=C(COCc3ccccc3)[C@@H]2O1. The van der Waals surface area contributed by atoms with E-state index in [1.54, 1.807) is 0 Å². The van der Waals surface area contributed by atoms with E-state index in [9.17, 15) is 9.59 Å². The van der Waals surface area contributed by atoms with Crippen LogP contribution < -0.4 is 11.2 Å². The summed E-state index contributed by atoms with van der Waals surface area (Å²) in [6, 6.07) is 10.9. The van der Waals surface area contributed by atoms with E-state index in [0.29, 0.717) is 13.2 Å². The lowest BCUT2D eigenvalue weighted by atomic mass is 10.1. The Kier molecular flexibility index (Phi) is 4.59. The molecule has 2 aromatic rings. The zero-order valence-corrected chi connectivity index (χ0v) is 15.3. The molecule has 1 aromatic heterocycles. The average Bonchev–Trinajstić information content (AvgIpc) is 3.10. The topological polar surface area (TPSA) is 82.6 Å². The molecule has 1 saturated heterocycles. The summed E-state index contributed by atoms with van der Waals surface area (Å²) >= 11 is 0. The second-order valence-electron chi connectivity index (χ2n) is 7.25. The summed E-state index contributed by atoms with van der Waals surface area (Å²) in [4.78, 5) is 25.9. The standard InChI is InChI=1S/C20H22N2O5/c1-20(2)26-17-14(12-25-11-13-6-4-3-5-7-13)10-15(18(17)27-20)22-9-8-16(23)21-19(22)24/h3-10,15,17-18H,11-12H2,1-2H3,(H,21,23,24)/t15-,17+,18+/m1/s1. The van der Waals surface area contributed by atoms with E-state index in [-0.39, 0.29) is 18.2 Å². The molecule has 0 unspecified atom stereocenters. The van der Waals surface area contributed by atoms with E-state index in [2.05, 4.69) is 4.98 Å². The van der Waals surface area contributed by atoms with Gasteiger partial charge in [0.05, 0.1) is 19.3 Å². The van der Waals surface area contributed by atoms with Crippen molar-refractivity contribution in [2.45, 2.75) is 44.5 Å². The van der Waals surface area contributed by atoms with Gasteiger partial charge in [0.25, 0.3) is 5.56 Å². The number of aromatic nitrogens is 2. The van der Waals surface area contributed by atoms with E-state index >= 15 is 0 Å². The molecule has 2 heterocycles. The Bertz CT molecular complexity index is 960. The van der Waals surface area contributed by atoms with Gasteiger partial charge in [-0.15, -0.1) is 0 Å². The number of rotatable bonds is 5. The lowest BCUT2D eigenvalue weighted by Gasteiger charge is -2.21. The van der Waals surface area contributed by atoms with Crippen LogP contribution in [0.3, 0.4) is 0 Å². The molecule has 0 spiro atoms. The van der Waals surface area contributed by atoms with Crippen molar-refractivity contribution in [1.82, 2.24) is 9.55 Å². The minimum Gasteiger partial charge on any atom is -0.372 e. The smallest absolute Gasteiger partial charge is 0.328 e. The van der Waals surface area contributed by atoms with Crippen LogP contribution in [0.4, 0.5) is 0 Å². The number of hydrogen-bond donors (Lipinski definition) is 1. The van der Waals surface area contributed by atoms with Crippen molar-refractivity contribution in [1.29, 1.82) is 0 Å².